The van der Waals surface area contributed by atoms with E-state index in [1.54, 1.807) is 11.3 Å². The lowest BCUT2D eigenvalue weighted by Gasteiger charge is -2.11. The maximum absolute atomic E-state index is 8.39. The molecular formula is C37H25N5S. The summed E-state index contributed by atoms with van der Waals surface area (Å²) in [5.41, 5.74) is 9.90. The average Bonchev–Trinajstić information content (AvgIpc) is 3.61. The van der Waals surface area contributed by atoms with Crippen molar-refractivity contribution >= 4 is 65.1 Å². The van der Waals surface area contributed by atoms with Crippen molar-refractivity contribution in [2.45, 2.75) is 0 Å². The second kappa shape index (κ2) is 10.4. The second-order valence-electron chi connectivity index (χ2n) is 10.4. The van der Waals surface area contributed by atoms with Crippen LogP contribution in [-0.4, -0.2) is 20.9 Å². The van der Waals surface area contributed by atoms with Crippen molar-refractivity contribution in [1.82, 2.24) is 14.6 Å². The van der Waals surface area contributed by atoms with Crippen LogP contribution in [0.25, 0.3) is 70.1 Å². The van der Waals surface area contributed by atoms with Gasteiger partial charge in [-0.05, 0) is 18.2 Å². The molecule has 0 spiro atoms. The molecule has 0 unspecified atom stereocenters. The smallest absolute Gasteiger partial charge is 0.163 e. The van der Waals surface area contributed by atoms with E-state index in [1.165, 1.54) is 37.2 Å². The van der Waals surface area contributed by atoms with Gasteiger partial charge in [-0.25, -0.2) is 9.97 Å². The Morgan fingerprint density at radius 3 is 1.95 bits per heavy atom. The third-order valence-electron chi connectivity index (χ3n) is 7.81. The number of fused-ring (bicyclic) bond motifs is 7. The number of thiophene rings is 1. The summed E-state index contributed by atoms with van der Waals surface area (Å²) >= 11 is 1.81. The summed E-state index contributed by atoms with van der Waals surface area (Å²) < 4.78 is 4.61. The average molecular weight is 572 g/mol. The number of rotatable bonds is 6. The van der Waals surface area contributed by atoms with Crippen molar-refractivity contribution in [3.63, 3.8) is 0 Å². The Bertz CT molecular complexity index is 2270. The summed E-state index contributed by atoms with van der Waals surface area (Å²) in [5, 5.41) is 13.2. The monoisotopic (exact) mass is 571 g/mol. The van der Waals surface area contributed by atoms with E-state index in [4.69, 9.17) is 15.4 Å². The molecule has 0 saturated heterocycles. The fourth-order valence-electron chi connectivity index (χ4n) is 5.76. The third kappa shape index (κ3) is 4.28. The van der Waals surface area contributed by atoms with Gasteiger partial charge in [0.25, 0.3) is 0 Å². The minimum atomic E-state index is 0.482. The first-order chi connectivity index (χ1) is 21.3. The number of nitrogens with zero attached hydrogens (tertiary/aromatic N) is 3. The van der Waals surface area contributed by atoms with Gasteiger partial charge in [-0.3, -0.25) is 4.68 Å². The summed E-state index contributed by atoms with van der Waals surface area (Å²) in [7, 11) is 0. The van der Waals surface area contributed by atoms with Gasteiger partial charge in [0.2, 0.25) is 0 Å². The number of aromatic nitrogens is 3. The van der Waals surface area contributed by atoms with Crippen LogP contribution in [0.15, 0.2) is 134 Å². The van der Waals surface area contributed by atoms with E-state index < -0.39 is 0 Å². The van der Waals surface area contributed by atoms with Gasteiger partial charge in [-0.1, -0.05) is 109 Å². The molecule has 0 aliphatic heterocycles. The number of nitrogens with one attached hydrogen (secondary N) is 2. The first kappa shape index (κ1) is 25.1. The number of allylic oxidation sites excluding steroid dienone is 1. The summed E-state index contributed by atoms with van der Waals surface area (Å²) in [5.74, 6) is 0.482. The minimum Gasteiger partial charge on any atom is -0.308 e. The Hall–Kier alpha value is -5.59. The molecule has 43 heavy (non-hydrogen) atoms. The SMILES string of the molecule is N=C/C(=C\Nn1c2ccccc2c2ccc3c4ccccc4sc3c21)c1nc(-c2ccccc2)cc(-c2ccccc2)n1. The molecule has 6 heteroatoms. The van der Waals surface area contributed by atoms with Crippen LogP contribution < -0.4 is 5.43 Å². The maximum Gasteiger partial charge on any atom is 0.163 e. The highest BCUT2D eigenvalue weighted by molar-refractivity contribution is 7.26. The van der Waals surface area contributed by atoms with E-state index in [0.29, 0.717) is 11.4 Å². The molecule has 0 aliphatic carbocycles. The zero-order valence-corrected chi connectivity index (χ0v) is 23.8. The van der Waals surface area contributed by atoms with Crippen LogP contribution in [0, 0.1) is 5.41 Å². The molecule has 0 radical (unpaired) electrons. The lowest BCUT2D eigenvalue weighted by Crippen LogP contribution is -2.10. The van der Waals surface area contributed by atoms with Crippen LogP contribution in [-0.2, 0) is 0 Å². The van der Waals surface area contributed by atoms with Crippen LogP contribution in [0.5, 0.6) is 0 Å². The Balaban J connectivity index is 1.31. The predicted octanol–water partition coefficient (Wildman–Crippen LogP) is 9.52. The third-order valence-corrected chi connectivity index (χ3v) is 9.00. The first-order valence-electron chi connectivity index (χ1n) is 14.1. The van der Waals surface area contributed by atoms with Gasteiger partial charge < -0.3 is 10.8 Å². The molecule has 5 nitrogen and oxygen atoms in total. The van der Waals surface area contributed by atoms with Crippen LogP contribution in [0.3, 0.4) is 0 Å². The van der Waals surface area contributed by atoms with E-state index in [2.05, 4.69) is 70.8 Å². The van der Waals surface area contributed by atoms with Crippen molar-refractivity contribution in [1.29, 1.82) is 5.41 Å². The van der Waals surface area contributed by atoms with Crippen LogP contribution >= 0.6 is 11.3 Å². The van der Waals surface area contributed by atoms with Crippen molar-refractivity contribution in [2.75, 3.05) is 5.43 Å². The first-order valence-corrected chi connectivity index (χ1v) is 14.9. The highest BCUT2D eigenvalue weighted by Gasteiger charge is 2.17. The molecule has 8 rings (SSSR count). The normalized spacial score (nSPS) is 12.0. The quantitative estimate of drug-likeness (QED) is 0.195. The highest BCUT2D eigenvalue weighted by Crippen LogP contribution is 2.41. The Kier molecular flexibility index (Phi) is 6.05. The Morgan fingerprint density at radius 1 is 0.651 bits per heavy atom. The molecule has 0 fully saturated rings. The highest BCUT2D eigenvalue weighted by atomic mass is 32.1. The summed E-state index contributed by atoms with van der Waals surface area (Å²) in [4.78, 5) is 9.85. The zero-order chi connectivity index (χ0) is 28.8. The second-order valence-corrected chi connectivity index (χ2v) is 11.4. The van der Waals surface area contributed by atoms with Gasteiger partial charge in [0.05, 0.1) is 32.7 Å². The molecule has 0 saturated carbocycles. The number of para-hydroxylation sites is 1. The molecule has 3 heterocycles. The van der Waals surface area contributed by atoms with Crippen molar-refractivity contribution in [3.8, 4) is 22.5 Å². The molecule has 0 amide bonds. The molecule has 3 aromatic heterocycles. The van der Waals surface area contributed by atoms with Gasteiger partial charge in [0, 0.05) is 49.8 Å². The van der Waals surface area contributed by atoms with Crippen LogP contribution in [0.1, 0.15) is 5.82 Å². The molecule has 2 N–H and O–H groups in total. The maximum atomic E-state index is 8.39. The van der Waals surface area contributed by atoms with E-state index in [-0.39, 0.29) is 0 Å². The van der Waals surface area contributed by atoms with Gasteiger partial charge in [0.15, 0.2) is 5.82 Å². The minimum absolute atomic E-state index is 0.482. The van der Waals surface area contributed by atoms with Gasteiger partial charge in [-0.2, -0.15) is 0 Å². The summed E-state index contributed by atoms with van der Waals surface area (Å²) in [6.45, 7) is 0. The predicted molar refractivity (Wildman–Crippen MR) is 181 cm³/mol. The molecule has 5 aromatic carbocycles. The topological polar surface area (TPSA) is 66.6 Å². The molecular weight excluding hydrogens is 547 g/mol. The largest absolute Gasteiger partial charge is 0.308 e. The summed E-state index contributed by atoms with van der Waals surface area (Å²) in [6.07, 6.45) is 3.15. The van der Waals surface area contributed by atoms with E-state index in [9.17, 15) is 0 Å². The van der Waals surface area contributed by atoms with Crippen molar-refractivity contribution in [3.05, 3.63) is 139 Å². The lowest BCUT2D eigenvalue weighted by atomic mass is 10.1. The van der Waals surface area contributed by atoms with Crippen LogP contribution in [0.4, 0.5) is 0 Å². The molecule has 0 atom stereocenters. The van der Waals surface area contributed by atoms with E-state index in [0.717, 1.165) is 33.5 Å². The van der Waals surface area contributed by atoms with Gasteiger partial charge in [0.1, 0.15) is 0 Å². The molecule has 0 bridgehead atoms. The fourth-order valence-corrected chi connectivity index (χ4v) is 7.00. The number of hydrogen-bond donors (Lipinski definition) is 2. The van der Waals surface area contributed by atoms with Crippen molar-refractivity contribution in [2.24, 2.45) is 0 Å². The summed E-state index contributed by atoms with van der Waals surface area (Å²) in [6, 6.07) is 43.6. The van der Waals surface area contributed by atoms with E-state index in [1.807, 2.05) is 72.9 Å². The fraction of sp³-hybridized carbons (Fsp3) is 0. The van der Waals surface area contributed by atoms with Gasteiger partial charge >= 0.3 is 0 Å². The zero-order valence-electron chi connectivity index (χ0n) is 23.0. The van der Waals surface area contributed by atoms with Gasteiger partial charge in [-0.15, -0.1) is 11.3 Å². The number of hydrogen-bond acceptors (Lipinski definition) is 5. The standard InChI is InChI=1S/C37H25N5S/c38-22-26(37-40-31(24-11-3-1-4-12-24)21-32(41-37)25-13-5-2-6-14-25)23-39-42-33-17-9-7-15-27(33)29-19-20-30-28-16-8-10-18-34(28)43-36(30)35(29)42/h1-23,38-39H/b26-23+,38-22?. The molecule has 204 valence electrons. The van der Waals surface area contributed by atoms with Crippen LogP contribution in [0.2, 0.25) is 0 Å². The lowest BCUT2D eigenvalue weighted by molar-refractivity contribution is 1.05. The van der Waals surface area contributed by atoms with E-state index >= 15 is 0 Å². The Labute approximate surface area is 251 Å². The molecule has 8 aromatic rings. The molecule has 0 aliphatic rings. The van der Waals surface area contributed by atoms with Crippen molar-refractivity contribution < 1.29 is 0 Å². The Morgan fingerprint density at radius 2 is 1.26 bits per heavy atom. The number of benzene rings is 5.